The van der Waals surface area contributed by atoms with Crippen LogP contribution in [0.2, 0.25) is 0 Å². The minimum absolute atomic E-state index is 0.407. The van der Waals surface area contributed by atoms with Crippen LogP contribution in [0.15, 0.2) is 42.9 Å². The molecule has 0 aliphatic carbocycles. The number of benzene rings is 1. The number of piperidine rings is 1. The molecule has 158 valence electrons. The Labute approximate surface area is 177 Å². The standard InChI is InChI=1S/C20H22N10O/c1-28-8-6-15(7-9-28)29-12-14(10-23-29)24-20-22-11-17-19(25-20)30(27-26-17)16-4-2-13(3-5-16)18(21)31/h2-5,10-12,15H,6-9H2,1H3,(H2,21,31)(H,22,24,25). The first kappa shape index (κ1) is 19.1. The van der Waals surface area contributed by atoms with Gasteiger partial charge in [0.25, 0.3) is 0 Å². The highest BCUT2D eigenvalue weighted by Crippen LogP contribution is 2.23. The van der Waals surface area contributed by atoms with Gasteiger partial charge in [0.1, 0.15) is 0 Å². The van der Waals surface area contributed by atoms with E-state index in [2.05, 4.69) is 42.6 Å². The van der Waals surface area contributed by atoms with Gasteiger partial charge in [-0.05, 0) is 57.2 Å². The summed E-state index contributed by atoms with van der Waals surface area (Å²) in [6, 6.07) is 7.18. The zero-order chi connectivity index (χ0) is 21.4. The van der Waals surface area contributed by atoms with Crippen molar-refractivity contribution in [3.05, 3.63) is 48.4 Å². The smallest absolute Gasteiger partial charge is 0.248 e. The van der Waals surface area contributed by atoms with E-state index in [4.69, 9.17) is 5.73 Å². The summed E-state index contributed by atoms with van der Waals surface area (Å²) in [6.45, 7) is 2.15. The average Bonchev–Trinajstić information content (AvgIpc) is 3.41. The van der Waals surface area contributed by atoms with Crippen LogP contribution in [0.1, 0.15) is 29.2 Å². The zero-order valence-electron chi connectivity index (χ0n) is 17.0. The van der Waals surface area contributed by atoms with E-state index < -0.39 is 5.91 Å². The number of nitrogens with two attached hydrogens (primary N) is 1. The molecule has 1 aliphatic rings. The van der Waals surface area contributed by atoms with Gasteiger partial charge in [-0.2, -0.15) is 14.8 Å². The van der Waals surface area contributed by atoms with Crippen molar-refractivity contribution in [1.29, 1.82) is 0 Å². The van der Waals surface area contributed by atoms with Crippen LogP contribution in [0, 0.1) is 0 Å². The second-order valence-electron chi connectivity index (χ2n) is 7.68. The van der Waals surface area contributed by atoms with Crippen LogP contribution >= 0.6 is 0 Å². The molecular formula is C20H22N10O. The van der Waals surface area contributed by atoms with Crippen molar-refractivity contribution < 1.29 is 4.79 Å². The number of likely N-dealkylation sites (tertiary alicyclic amines) is 1. The van der Waals surface area contributed by atoms with Gasteiger partial charge in [-0.1, -0.05) is 5.21 Å². The Kier molecular flexibility index (Phi) is 4.79. The lowest BCUT2D eigenvalue weighted by Crippen LogP contribution is -2.31. The second-order valence-corrected chi connectivity index (χ2v) is 7.68. The third-order valence-corrected chi connectivity index (χ3v) is 5.51. The summed E-state index contributed by atoms with van der Waals surface area (Å²) in [5.41, 5.74) is 8.38. The summed E-state index contributed by atoms with van der Waals surface area (Å²) >= 11 is 0. The number of aromatic nitrogens is 7. The number of fused-ring (bicyclic) bond motifs is 1. The van der Waals surface area contributed by atoms with E-state index in [1.54, 1.807) is 41.3 Å². The van der Waals surface area contributed by atoms with Crippen molar-refractivity contribution in [2.75, 3.05) is 25.5 Å². The van der Waals surface area contributed by atoms with Crippen molar-refractivity contribution in [3.63, 3.8) is 0 Å². The molecule has 11 nitrogen and oxygen atoms in total. The summed E-state index contributed by atoms with van der Waals surface area (Å²) in [6.07, 6.45) is 7.55. The molecule has 5 rings (SSSR count). The van der Waals surface area contributed by atoms with Gasteiger partial charge >= 0.3 is 0 Å². The lowest BCUT2D eigenvalue weighted by atomic mass is 10.1. The molecule has 0 spiro atoms. The number of hydrogen-bond donors (Lipinski definition) is 2. The van der Waals surface area contributed by atoms with Crippen LogP contribution < -0.4 is 11.1 Å². The van der Waals surface area contributed by atoms with E-state index in [0.717, 1.165) is 31.6 Å². The lowest BCUT2D eigenvalue weighted by molar-refractivity contribution is 0.100. The Hall–Kier alpha value is -3.86. The van der Waals surface area contributed by atoms with Crippen LogP contribution in [0.3, 0.4) is 0 Å². The molecule has 0 saturated carbocycles. The number of rotatable bonds is 5. The summed E-state index contributed by atoms with van der Waals surface area (Å²) in [7, 11) is 2.14. The highest BCUT2D eigenvalue weighted by Gasteiger charge is 2.19. The van der Waals surface area contributed by atoms with Gasteiger partial charge in [0.15, 0.2) is 11.2 Å². The molecule has 3 aromatic heterocycles. The van der Waals surface area contributed by atoms with Gasteiger partial charge < -0.3 is 16.0 Å². The van der Waals surface area contributed by atoms with Gasteiger partial charge in [-0.3, -0.25) is 9.48 Å². The summed E-state index contributed by atoms with van der Waals surface area (Å²) in [4.78, 5) is 22.5. The topological polar surface area (TPSA) is 133 Å². The van der Waals surface area contributed by atoms with E-state index in [1.165, 1.54) is 0 Å². The number of nitrogens with zero attached hydrogens (tertiary/aromatic N) is 8. The predicted octanol–water partition coefficient (Wildman–Crippen LogP) is 1.52. The first-order valence-corrected chi connectivity index (χ1v) is 10.1. The zero-order valence-corrected chi connectivity index (χ0v) is 17.0. The Morgan fingerprint density at radius 3 is 2.68 bits per heavy atom. The number of nitrogens with one attached hydrogen (secondary N) is 1. The number of primary amides is 1. The van der Waals surface area contributed by atoms with Crippen LogP contribution in [0.25, 0.3) is 16.9 Å². The molecular weight excluding hydrogens is 396 g/mol. The highest BCUT2D eigenvalue weighted by atomic mass is 16.1. The summed E-state index contributed by atoms with van der Waals surface area (Å²) in [5, 5.41) is 16.0. The summed E-state index contributed by atoms with van der Waals surface area (Å²) < 4.78 is 3.61. The van der Waals surface area contributed by atoms with Crippen LogP contribution in [0.4, 0.5) is 11.6 Å². The number of amides is 1. The number of anilines is 2. The van der Waals surface area contributed by atoms with Gasteiger partial charge in [0.2, 0.25) is 11.9 Å². The van der Waals surface area contributed by atoms with Gasteiger partial charge in [-0.25, -0.2) is 4.98 Å². The third kappa shape index (κ3) is 3.82. The maximum atomic E-state index is 11.3. The molecule has 1 aromatic carbocycles. The molecule has 0 atom stereocenters. The predicted molar refractivity (Wildman–Crippen MR) is 114 cm³/mol. The minimum atomic E-state index is -0.482. The molecule has 1 saturated heterocycles. The Morgan fingerprint density at radius 2 is 1.94 bits per heavy atom. The molecule has 3 N–H and O–H groups in total. The maximum Gasteiger partial charge on any atom is 0.248 e. The van der Waals surface area contributed by atoms with E-state index in [0.29, 0.717) is 34.4 Å². The third-order valence-electron chi connectivity index (χ3n) is 5.51. The first-order chi connectivity index (χ1) is 15.1. The van der Waals surface area contributed by atoms with Crippen molar-refractivity contribution in [2.24, 2.45) is 5.73 Å². The number of carbonyl (C=O) groups is 1. The molecule has 0 radical (unpaired) electrons. The maximum absolute atomic E-state index is 11.3. The molecule has 1 aliphatic heterocycles. The van der Waals surface area contributed by atoms with Gasteiger partial charge in [-0.15, -0.1) is 5.10 Å². The molecule has 31 heavy (non-hydrogen) atoms. The van der Waals surface area contributed by atoms with E-state index in [9.17, 15) is 4.79 Å². The molecule has 1 fully saturated rings. The SMILES string of the molecule is CN1CCC(n2cc(Nc3ncc4nnn(-c5ccc(C(N)=O)cc5)c4n3)cn2)CC1. The highest BCUT2D eigenvalue weighted by molar-refractivity contribution is 5.93. The first-order valence-electron chi connectivity index (χ1n) is 10.1. The molecule has 4 heterocycles. The van der Waals surface area contributed by atoms with Crippen molar-refractivity contribution in [1.82, 2.24) is 39.6 Å². The van der Waals surface area contributed by atoms with Gasteiger partial charge in [0, 0.05) is 11.8 Å². The van der Waals surface area contributed by atoms with E-state index in [-0.39, 0.29) is 0 Å². The molecule has 4 aromatic rings. The van der Waals surface area contributed by atoms with Crippen LogP contribution in [-0.2, 0) is 0 Å². The Bertz CT molecular complexity index is 1220. The largest absolute Gasteiger partial charge is 0.366 e. The Morgan fingerprint density at radius 1 is 1.16 bits per heavy atom. The van der Waals surface area contributed by atoms with Crippen molar-refractivity contribution >= 4 is 28.7 Å². The number of carbonyl (C=O) groups excluding carboxylic acids is 1. The fourth-order valence-corrected chi connectivity index (χ4v) is 3.72. The van der Waals surface area contributed by atoms with Crippen LogP contribution in [0.5, 0.6) is 0 Å². The second kappa shape index (κ2) is 7.76. The van der Waals surface area contributed by atoms with E-state index >= 15 is 0 Å². The van der Waals surface area contributed by atoms with Crippen molar-refractivity contribution in [2.45, 2.75) is 18.9 Å². The quantitative estimate of drug-likeness (QED) is 0.498. The monoisotopic (exact) mass is 418 g/mol. The fourth-order valence-electron chi connectivity index (χ4n) is 3.72. The molecule has 0 bridgehead atoms. The lowest BCUT2D eigenvalue weighted by Gasteiger charge is -2.28. The van der Waals surface area contributed by atoms with E-state index in [1.807, 2.05) is 10.9 Å². The van der Waals surface area contributed by atoms with Crippen LogP contribution in [-0.4, -0.2) is 65.7 Å². The number of hydrogen-bond acceptors (Lipinski definition) is 8. The molecule has 1 amide bonds. The van der Waals surface area contributed by atoms with Crippen molar-refractivity contribution in [3.8, 4) is 5.69 Å². The molecule has 11 heteroatoms. The minimum Gasteiger partial charge on any atom is -0.366 e. The average molecular weight is 418 g/mol. The van der Waals surface area contributed by atoms with Gasteiger partial charge in [0.05, 0.1) is 29.8 Å². The summed E-state index contributed by atoms with van der Waals surface area (Å²) in [5.74, 6) is -0.0580. The molecule has 0 unspecified atom stereocenters. The normalized spacial score (nSPS) is 15.4. The Balaban J connectivity index is 1.38. The fraction of sp³-hybridized carbons (Fsp3) is 0.300.